The predicted octanol–water partition coefficient (Wildman–Crippen LogP) is 4.22. The van der Waals surface area contributed by atoms with E-state index in [1.165, 1.54) is 23.8 Å². The van der Waals surface area contributed by atoms with E-state index in [0.717, 1.165) is 6.42 Å². The molecule has 0 spiro atoms. The molecule has 0 aromatic heterocycles. The van der Waals surface area contributed by atoms with Crippen LogP contribution >= 0.6 is 0 Å². The number of carbonyl (C=O) groups excluding carboxylic acids is 1. The van der Waals surface area contributed by atoms with Gasteiger partial charge in [0.1, 0.15) is 11.4 Å². The number of carbonyl (C=O) groups is 1. The number of aromatic hydroxyl groups is 1. The van der Waals surface area contributed by atoms with Gasteiger partial charge in [-0.1, -0.05) is 18.2 Å². The van der Waals surface area contributed by atoms with Crippen LogP contribution in [-0.2, 0) is 9.53 Å². The number of phenols is 1. The Morgan fingerprint density at radius 2 is 2.13 bits per heavy atom. The minimum atomic E-state index is -0.726. The number of allylic oxidation sites excluding steroid dienone is 2. The van der Waals surface area contributed by atoms with Crippen molar-refractivity contribution < 1.29 is 14.6 Å². The number of esters is 1. The smallest absolute Gasteiger partial charge is 0.331 e. The highest BCUT2D eigenvalue weighted by molar-refractivity contribution is 5.88. The van der Waals surface area contributed by atoms with Crippen molar-refractivity contribution in [3.63, 3.8) is 0 Å². The molecule has 0 aliphatic heterocycles. The van der Waals surface area contributed by atoms with E-state index in [0.29, 0.717) is 17.7 Å². The zero-order valence-corrected chi connectivity index (χ0v) is 14.0. The van der Waals surface area contributed by atoms with Gasteiger partial charge >= 0.3 is 5.97 Å². The molecule has 1 aromatic carbocycles. The average molecular weight is 315 g/mol. The highest BCUT2D eigenvalue weighted by Crippen LogP contribution is 2.23. The van der Waals surface area contributed by atoms with Crippen LogP contribution in [0.1, 0.15) is 39.2 Å². The maximum Gasteiger partial charge on any atom is 0.331 e. The Kier molecular flexibility index (Phi) is 6.64. The molecule has 0 radical (unpaired) electrons. The number of anilines is 1. The zero-order valence-electron chi connectivity index (χ0n) is 14.0. The van der Waals surface area contributed by atoms with E-state index in [1.807, 2.05) is 20.8 Å². The molecule has 1 unspecified atom stereocenters. The van der Waals surface area contributed by atoms with Crippen LogP contribution in [0.15, 0.2) is 48.6 Å². The van der Waals surface area contributed by atoms with Crippen molar-refractivity contribution in [1.82, 2.24) is 0 Å². The summed E-state index contributed by atoms with van der Waals surface area (Å²) in [6.07, 6.45) is 7.98. The maximum atomic E-state index is 12.0. The molecule has 0 saturated heterocycles. The van der Waals surface area contributed by atoms with Crippen LogP contribution in [-0.4, -0.2) is 16.7 Å². The second kappa shape index (κ2) is 8.22. The molecule has 4 heteroatoms. The van der Waals surface area contributed by atoms with Gasteiger partial charge in [-0.2, -0.15) is 0 Å². The first-order valence-corrected chi connectivity index (χ1v) is 7.52. The standard InChI is InChI=1S/C19H25NO3/c1-5-19(4,12-6-7-14(2)3)23-18(22)11-9-15-8-10-16(20)13-17(15)21/h5,7-11,13,21H,1,6,12,20H2,2-4H3/b11-9+. The van der Waals surface area contributed by atoms with Gasteiger partial charge in [0.15, 0.2) is 0 Å². The third-order valence-electron chi connectivity index (χ3n) is 3.41. The molecule has 0 aliphatic carbocycles. The highest BCUT2D eigenvalue weighted by Gasteiger charge is 2.23. The van der Waals surface area contributed by atoms with Crippen molar-refractivity contribution in [3.8, 4) is 5.75 Å². The summed E-state index contributed by atoms with van der Waals surface area (Å²) in [6.45, 7) is 9.63. The second-order valence-electron chi connectivity index (χ2n) is 5.91. The van der Waals surface area contributed by atoms with Gasteiger partial charge in [0.25, 0.3) is 0 Å². The molecule has 124 valence electrons. The van der Waals surface area contributed by atoms with Gasteiger partial charge in [0, 0.05) is 23.4 Å². The molecular weight excluding hydrogens is 290 g/mol. The summed E-state index contributed by atoms with van der Waals surface area (Å²) >= 11 is 0. The molecular formula is C19H25NO3. The van der Waals surface area contributed by atoms with Crippen molar-refractivity contribution in [3.05, 3.63) is 54.1 Å². The molecule has 0 aliphatic rings. The Morgan fingerprint density at radius 1 is 1.43 bits per heavy atom. The Hall–Kier alpha value is -2.49. The number of hydrogen-bond donors (Lipinski definition) is 2. The predicted molar refractivity (Wildman–Crippen MR) is 94.9 cm³/mol. The van der Waals surface area contributed by atoms with Crippen molar-refractivity contribution >= 4 is 17.7 Å². The molecule has 0 bridgehead atoms. The van der Waals surface area contributed by atoms with Gasteiger partial charge in [0.05, 0.1) is 0 Å². The number of hydrogen-bond acceptors (Lipinski definition) is 4. The van der Waals surface area contributed by atoms with Crippen LogP contribution in [0, 0.1) is 0 Å². The van der Waals surface area contributed by atoms with Crippen molar-refractivity contribution in [2.45, 2.75) is 39.2 Å². The fourth-order valence-corrected chi connectivity index (χ4v) is 1.97. The summed E-state index contributed by atoms with van der Waals surface area (Å²) in [5.74, 6) is -0.468. The molecule has 23 heavy (non-hydrogen) atoms. The summed E-state index contributed by atoms with van der Waals surface area (Å²) in [6, 6.07) is 4.71. The fourth-order valence-electron chi connectivity index (χ4n) is 1.97. The van der Waals surface area contributed by atoms with Crippen molar-refractivity contribution in [2.24, 2.45) is 0 Å². The number of nitrogens with two attached hydrogens (primary N) is 1. The van der Waals surface area contributed by atoms with Crippen LogP contribution < -0.4 is 5.73 Å². The Balaban J connectivity index is 2.70. The Bertz CT molecular complexity index is 628. The fraction of sp³-hybridized carbons (Fsp3) is 0.316. The van der Waals surface area contributed by atoms with E-state index >= 15 is 0 Å². The molecule has 3 N–H and O–H groups in total. The zero-order chi connectivity index (χ0) is 17.5. The third-order valence-corrected chi connectivity index (χ3v) is 3.41. The first kappa shape index (κ1) is 18.6. The first-order chi connectivity index (χ1) is 10.8. The molecule has 1 aromatic rings. The lowest BCUT2D eigenvalue weighted by atomic mass is 9.99. The van der Waals surface area contributed by atoms with Crippen molar-refractivity contribution in [2.75, 3.05) is 5.73 Å². The summed E-state index contributed by atoms with van der Waals surface area (Å²) in [4.78, 5) is 12.0. The number of phenolic OH excluding ortho intramolecular Hbond substituents is 1. The summed E-state index contributed by atoms with van der Waals surface area (Å²) in [5.41, 5.74) is 7.02. The quantitative estimate of drug-likeness (QED) is 0.342. The molecule has 1 atom stereocenters. The molecule has 0 amide bonds. The summed E-state index contributed by atoms with van der Waals surface area (Å²) < 4.78 is 5.47. The summed E-state index contributed by atoms with van der Waals surface area (Å²) in [7, 11) is 0. The summed E-state index contributed by atoms with van der Waals surface area (Å²) in [5, 5.41) is 9.75. The van der Waals surface area contributed by atoms with E-state index in [1.54, 1.807) is 18.2 Å². The van der Waals surface area contributed by atoms with E-state index in [9.17, 15) is 9.90 Å². The average Bonchev–Trinajstić information content (AvgIpc) is 2.46. The lowest BCUT2D eigenvalue weighted by Crippen LogP contribution is -2.28. The minimum absolute atomic E-state index is 0.0177. The first-order valence-electron chi connectivity index (χ1n) is 7.52. The topological polar surface area (TPSA) is 72.5 Å². The van der Waals surface area contributed by atoms with Crippen LogP contribution in [0.5, 0.6) is 5.75 Å². The lowest BCUT2D eigenvalue weighted by Gasteiger charge is -2.25. The van der Waals surface area contributed by atoms with Crippen LogP contribution in [0.4, 0.5) is 5.69 Å². The van der Waals surface area contributed by atoms with Gasteiger partial charge in [-0.05, 0) is 57.9 Å². The monoisotopic (exact) mass is 315 g/mol. The SMILES string of the molecule is C=CC(C)(CCC=C(C)C)OC(=O)/C=C/c1ccc(N)cc1O. The highest BCUT2D eigenvalue weighted by atomic mass is 16.6. The Labute approximate surface area is 138 Å². The van der Waals surface area contributed by atoms with Gasteiger partial charge < -0.3 is 15.6 Å². The number of nitrogen functional groups attached to an aromatic ring is 1. The molecule has 0 fully saturated rings. The second-order valence-corrected chi connectivity index (χ2v) is 5.91. The number of rotatable bonds is 7. The maximum absolute atomic E-state index is 12.0. The lowest BCUT2D eigenvalue weighted by molar-refractivity contribution is -0.147. The normalized spacial score (nSPS) is 13.3. The Morgan fingerprint density at radius 3 is 2.70 bits per heavy atom. The van der Waals surface area contributed by atoms with Crippen LogP contribution in [0.3, 0.4) is 0 Å². The van der Waals surface area contributed by atoms with Gasteiger partial charge in [-0.3, -0.25) is 0 Å². The number of ether oxygens (including phenoxy) is 1. The molecule has 4 nitrogen and oxygen atoms in total. The number of benzene rings is 1. The van der Waals surface area contributed by atoms with E-state index in [-0.39, 0.29) is 5.75 Å². The van der Waals surface area contributed by atoms with E-state index in [4.69, 9.17) is 10.5 Å². The van der Waals surface area contributed by atoms with Crippen LogP contribution in [0.2, 0.25) is 0 Å². The minimum Gasteiger partial charge on any atom is -0.507 e. The third kappa shape index (κ3) is 6.43. The molecule has 0 saturated carbocycles. The van der Waals surface area contributed by atoms with E-state index < -0.39 is 11.6 Å². The van der Waals surface area contributed by atoms with Crippen molar-refractivity contribution in [1.29, 1.82) is 0 Å². The largest absolute Gasteiger partial charge is 0.507 e. The van der Waals surface area contributed by atoms with Gasteiger partial charge in [-0.25, -0.2) is 4.79 Å². The molecule has 1 rings (SSSR count). The molecule has 0 heterocycles. The van der Waals surface area contributed by atoms with Gasteiger partial charge in [0.2, 0.25) is 0 Å². The van der Waals surface area contributed by atoms with Gasteiger partial charge in [-0.15, -0.1) is 0 Å². The van der Waals surface area contributed by atoms with Crippen LogP contribution in [0.25, 0.3) is 6.08 Å². The van der Waals surface area contributed by atoms with E-state index in [2.05, 4.69) is 12.7 Å².